The van der Waals surface area contributed by atoms with E-state index < -0.39 is 0 Å². The van der Waals surface area contributed by atoms with Crippen LogP contribution in [0.25, 0.3) is 0 Å². The molecule has 0 saturated heterocycles. The topological polar surface area (TPSA) is 25.8 Å². The van der Waals surface area contributed by atoms with E-state index in [9.17, 15) is 4.39 Å². The Bertz CT molecular complexity index is 829. The Morgan fingerprint density at radius 3 is 2.04 bits per heavy atom. The summed E-state index contributed by atoms with van der Waals surface area (Å²) in [5.74, 6) is 0.923. The summed E-state index contributed by atoms with van der Waals surface area (Å²) in [6, 6.07) is 25.7. The van der Waals surface area contributed by atoms with Crippen molar-refractivity contribution < 1.29 is 14.4 Å². The van der Waals surface area contributed by atoms with Crippen molar-refractivity contribution in [1.82, 2.24) is 0 Å². The van der Waals surface area contributed by atoms with Gasteiger partial charge in [-0.05, 0) is 49.2 Å². The van der Waals surface area contributed by atoms with Crippen molar-refractivity contribution in [2.75, 3.05) is 6.54 Å². The second kappa shape index (κ2) is 10.0. The van der Waals surface area contributed by atoms with E-state index in [1.54, 1.807) is 12.1 Å². The fraction of sp³-hybridized carbons (Fsp3) is 0.280. The molecule has 0 heterocycles. The highest BCUT2D eigenvalue weighted by Gasteiger charge is 2.15. The zero-order valence-electron chi connectivity index (χ0n) is 16.6. The van der Waals surface area contributed by atoms with Gasteiger partial charge in [0.15, 0.2) is 0 Å². The van der Waals surface area contributed by atoms with Crippen molar-refractivity contribution in [3.05, 3.63) is 101 Å². The monoisotopic (exact) mass is 378 g/mol. The predicted molar refractivity (Wildman–Crippen MR) is 112 cm³/mol. The van der Waals surface area contributed by atoms with Crippen molar-refractivity contribution in [2.45, 2.75) is 38.8 Å². The first-order chi connectivity index (χ1) is 13.6. The molecule has 2 N–H and O–H groups in total. The standard InChI is InChI=1S/C25H28FNO/c1-19(2)28-24-14-10-22(11-15-24)25(21-8-12-23(26)13-9-21)16-17-27-18-20-6-4-3-5-7-20/h3-15,19,25,27H,16-18H2,1-2H3/p+1/t25-/m0/s1. The zero-order chi connectivity index (χ0) is 19.8. The van der Waals surface area contributed by atoms with Crippen LogP contribution in [0.3, 0.4) is 0 Å². The average molecular weight is 379 g/mol. The summed E-state index contributed by atoms with van der Waals surface area (Å²) in [5, 5.41) is 2.34. The Balaban J connectivity index is 1.69. The highest BCUT2D eigenvalue weighted by molar-refractivity contribution is 5.36. The van der Waals surface area contributed by atoms with Crippen LogP contribution in [-0.2, 0) is 6.54 Å². The van der Waals surface area contributed by atoms with E-state index in [2.05, 4.69) is 41.7 Å². The van der Waals surface area contributed by atoms with Gasteiger partial charge in [-0.1, -0.05) is 54.6 Å². The summed E-state index contributed by atoms with van der Waals surface area (Å²) in [6.45, 7) is 6.02. The van der Waals surface area contributed by atoms with Crippen molar-refractivity contribution in [3.8, 4) is 5.75 Å². The molecule has 28 heavy (non-hydrogen) atoms. The summed E-state index contributed by atoms with van der Waals surface area (Å²) >= 11 is 0. The number of hydrogen-bond donors (Lipinski definition) is 1. The number of halogens is 1. The van der Waals surface area contributed by atoms with Crippen molar-refractivity contribution in [2.24, 2.45) is 0 Å². The molecule has 0 bridgehead atoms. The second-order valence-electron chi connectivity index (χ2n) is 7.40. The number of benzene rings is 3. The fourth-order valence-corrected chi connectivity index (χ4v) is 3.44. The normalized spacial score (nSPS) is 12.1. The minimum atomic E-state index is -0.196. The third-order valence-electron chi connectivity index (χ3n) is 4.81. The summed E-state index contributed by atoms with van der Waals surface area (Å²) in [6.07, 6.45) is 1.15. The molecule has 0 fully saturated rings. The summed E-state index contributed by atoms with van der Waals surface area (Å²) in [7, 11) is 0. The van der Waals surface area contributed by atoms with Crippen LogP contribution in [0, 0.1) is 5.82 Å². The average Bonchev–Trinajstić information content (AvgIpc) is 2.70. The van der Waals surface area contributed by atoms with Gasteiger partial charge in [0.25, 0.3) is 0 Å². The minimum Gasteiger partial charge on any atom is -0.491 e. The van der Waals surface area contributed by atoms with Gasteiger partial charge in [-0.15, -0.1) is 0 Å². The fourth-order valence-electron chi connectivity index (χ4n) is 3.44. The highest BCUT2D eigenvalue weighted by atomic mass is 19.1. The second-order valence-corrected chi connectivity index (χ2v) is 7.40. The number of ether oxygens (including phenoxy) is 1. The molecule has 3 aromatic carbocycles. The molecule has 0 aliphatic rings. The third kappa shape index (κ3) is 5.93. The maximum Gasteiger partial charge on any atom is 0.123 e. The Morgan fingerprint density at radius 2 is 1.43 bits per heavy atom. The van der Waals surface area contributed by atoms with E-state index in [0.717, 1.165) is 30.8 Å². The maximum atomic E-state index is 13.4. The molecule has 0 aromatic heterocycles. The molecule has 1 atom stereocenters. The Hall–Kier alpha value is -2.65. The van der Waals surface area contributed by atoms with E-state index in [4.69, 9.17) is 4.74 Å². The molecule has 0 saturated carbocycles. The SMILES string of the molecule is CC(C)Oc1ccc([C@@H](CC[NH2+]Cc2ccccc2)c2ccc(F)cc2)cc1. The smallest absolute Gasteiger partial charge is 0.123 e. The van der Waals surface area contributed by atoms with E-state index in [1.807, 2.05) is 44.2 Å². The van der Waals surface area contributed by atoms with Gasteiger partial charge in [0.05, 0.1) is 12.6 Å². The van der Waals surface area contributed by atoms with Gasteiger partial charge in [0.2, 0.25) is 0 Å². The molecular formula is C25H29FNO+. The van der Waals surface area contributed by atoms with Crippen LogP contribution in [0.4, 0.5) is 4.39 Å². The summed E-state index contributed by atoms with van der Waals surface area (Å²) in [4.78, 5) is 0. The number of rotatable bonds is 9. The van der Waals surface area contributed by atoms with Crippen LogP contribution in [0.2, 0.25) is 0 Å². The lowest BCUT2D eigenvalue weighted by atomic mass is 9.88. The van der Waals surface area contributed by atoms with E-state index in [0.29, 0.717) is 0 Å². The van der Waals surface area contributed by atoms with Crippen molar-refractivity contribution in [1.29, 1.82) is 0 Å². The Kier molecular flexibility index (Phi) is 7.21. The predicted octanol–water partition coefficient (Wildman–Crippen LogP) is 4.90. The molecule has 3 heteroatoms. The quantitative estimate of drug-likeness (QED) is 0.527. The van der Waals surface area contributed by atoms with Gasteiger partial charge in [-0.2, -0.15) is 0 Å². The van der Waals surface area contributed by atoms with Gasteiger partial charge in [0.1, 0.15) is 18.1 Å². The lowest BCUT2D eigenvalue weighted by molar-refractivity contribution is -0.671. The van der Waals surface area contributed by atoms with Crippen LogP contribution >= 0.6 is 0 Å². The van der Waals surface area contributed by atoms with Crippen molar-refractivity contribution in [3.63, 3.8) is 0 Å². The largest absolute Gasteiger partial charge is 0.491 e. The van der Waals surface area contributed by atoms with Crippen molar-refractivity contribution >= 4 is 0 Å². The van der Waals surface area contributed by atoms with E-state index in [-0.39, 0.29) is 17.8 Å². The Morgan fingerprint density at radius 1 is 0.821 bits per heavy atom. The first kappa shape index (κ1) is 20.1. The minimum absolute atomic E-state index is 0.159. The number of hydrogen-bond acceptors (Lipinski definition) is 1. The first-order valence-corrected chi connectivity index (χ1v) is 9.99. The van der Waals surface area contributed by atoms with Crippen LogP contribution in [0.5, 0.6) is 5.75 Å². The molecule has 0 aliphatic heterocycles. The molecular weight excluding hydrogens is 349 g/mol. The number of nitrogens with two attached hydrogens (primary N) is 1. The van der Waals surface area contributed by atoms with Gasteiger partial charge >= 0.3 is 0 Å². The van der Waals surface area contributed by atoms with E-state index >= 15 is 0 Å². The molecule has 2 nitrogen and oxygen atoms in total. The van der Waals surface area contributed by atoms with E-state index in [1.165, 1.54) is 11.1 Å². The van der Waals surface area contributed by atoms with Gasteiger partial charge in [-0.25, -0.2) is 4.39 Å². The molecule has 0 radical (unpaired) electrons. The molecule has 3 aromatic rings. The lowest BCUT2D eigenvalue weighted by Gasteiger charge is -2.18. The molecule has 0 aliphatic carbocycles. The Labute approximate surface area is 167 Å². The molecule has 3 rings (SSSR count). The lowest BCUT2D eigenvalue weighted by Crippen LogP contribution is -2.82. The molecule has 0 spiro atoms. The van der Waals surface area contributed by atoms with Crippen LogP contribution < -0.4 is 10.1 Å². The van der Waals surface area contributed by atoms with Crippen LogP contribution in [0.15, 0.2) is 78.9 Å². The van der Waals surface area contributed by atoms with Gasteiger partial charge in [0, 0.05) is 17.9 Å². The van der Waals surface area contributed by atoms with Crippen LogP contribution in [-0.4, -0.2) is 12.6 Å². The summed E-state index contributed by atoms with van der Waals surface area (Å²) < 4.78 is 19.2. The zero-order valence-corrected chi connectivity index (χ0v) is 16.6. The van der Waals surface area contributed by atoms with Gasteiger partial charge < -0.3 is 10.1 Å². The van der Waals surface area contributed by atoms with Crippen LogP contribution in [0.1, 0.15) is 42.9 Å². The van der Waals surface area contributed by atoms with Gasteiger partial charge in [-0.3, -0.25) is 0 Å². The number of quaternary nitrogens is 1. The first-order valence-electron chi connectivity index (χ1n) is 9.99. The molecule has 0 unspecified atom stereocenters. The maximum absolute atomic E-state index is 13.4. The third-order valence-corrected chi connectivity index (χ3v) is 4.81. The summed E-state index contributed by atoms with van der Waals surface area (Å²) in [5.41, 5.74) is 3.71. The highest BCUT2D eigenvalue weighted by Crippen LogP contribution is 2.29. The molecule has 0 amide bonds. The molecule has 146 valence electrons.